The third-order valence-electron chi connectivity index (χ3n) is 16.1. The molecule has 1 amide bonds. The maximum Gasteiger partial charge on any atom is 0.472 e. The molecule has 89 heavy (non-hydrogen) atoms. The Morgan fingerprint density at radius 1 is 0.393 bits per heavy atom. The Bertz CT molecular complexity index is 1920. The smallest absolute Gasteiger partial charge is 0.387 e. The summed E-state index contributed by atoms with van der Waals surface area (Å²) in [7, 11) is 1.54. The first-order valence-electron chi connectivity index (χ1n) is 37.1. The summed E-state index contributed by atoms with van der Waals surface area (Å²) in [6.07, 6.45) is 105. The van der Waals surface area contributed by atoms with Gasteiger partial charge in [0.15, 0.2) is 0 Å². The number of carbonyl (C=O) groups excluding carboxylic acids is 1. The molecule has 0 aromatic rings. The minimum Gasteiger partial charge on any atom is -0.387 e. The van der Waals surface area contributed by atoms with Gasteiger partial charge in [-0.05, 0) is 103 Å². The number of aliphatic hydroxyl groups excluding tert-OH is 1. The van der Waals surface area contributed by atoms with E-state index in [1.54, 1.807) is 6.08 Å². The van der Waals surface area contributed by atoms with Crippen molar-refractivity contribution in [3.63, 3.8) is 0 Å². The molecule has 9 heteroatoms. The number of allylic oxidation sites excluding steroid dienone is 21. The lowest BCUT2D eigenvalue weighted by Gasteiger charge is -2.25. The first-order valence-corrected chi connectivity index (χ1v) is 38.6. The van der Waals surface area contributed by atoms with Gasteiger partial charge in [0.05, 0.1) is 39.9 Å². The van der Waals surface area contributed by atoms with Crippen molar-refractivity contribution in [2.24, 2.45) is 0 Å². The van der Waals surface area contributed by atoms with Gasteiger partial charge in [0.2, 0.25) is 5.91 Å². The van der Waals surface area contributed by atoms with Crippen LogP contribution in [0.5, 0.6) is 0 Å². The molecule has 0 bridgehead atoms. The largest absolute Gasteiger partial charge is 0.472 e. The van der Waals surface area contributed by atoms with Crippen LogP contribution in [0.1, 0.15) is 316 Å². The summed E-state index contributed by atoms with van der Waals surface area (Å²) < 4.78 is 23.8. The minimum atomic E-state index is -4.38. The van der Waals surface area contributed by atoms with Crippen molar-refractivity contribution in [2.45, 2.75) is 328 Å². The number of nitrogens with zero attached hydrogens (tertiary/aromatic N) is 1. The van der Waals surface area contributed by atoms with E-state index in [1.807, 2.05) is 27.2 Å². The molecule has 0 aliphatic carbocycles. The average molecular weight is 1260 g/mol. The fourth-order valence-electron chi connectivity index (χ4n) is 10.4. The Morgan fingerprint density at radius 3 is 1.03 bits per heavy atom. The van der Waals surface area contributed by atoms with Crippen LogP contribution in [0.15, 0.2) is 134 Å². The fourth-order valence-corrected chi connectivity index (χ4v) is 11.1. The van der Waals surface area contributed by atoms with Crippen LogP contribution < -0.4 is 5.32 Å². The number of hydrogen-bond donors (Lipinski definition) is 3. The summed E-state index contributed by atoms with van der Waals surface area (Å²) >= 11 is 0. The van der Waals surface area contributed by atoms with Crippen molar-refractivity contribution < 1.29 is 32.9 Å². The maximum atomic E-state index is 13.1. The first kappa shape index (κ1) is 85.6. The molecule has 0 aromatic carbocycles. The topological polar surface area (TPSA) is 105 Å². The zero-order valence-electron chi connectivity index (χ0n) is 58.6. The quantitative estimate of drug-likeness (QED) is 0.0243. The molecule has 0 saturated carbocycles. The summed E-state index contributed by atoms with van der Waals surface area (Å²) in [5.41, 5.74) is 0. The van der Waals surface area contributed by atoms with Crippen LogP contribution in [-0.2, 0) is 18.4 Å². The molecule has 3 N–H and O–H groups in total. The van der Waals surface area contributed by atoms with Crippen LogP contribution in [0.3, 0.4) is 0 Å². The van der Waals surface area contributed by atoms with E-state index in [0.717, 1.165) is 103 Å². The Morgan fingerprint density at radius 2 is 0.685 bits per heavy atom. The second-order valence-electron chi connectivity index (χ2n) is 25.9. The summed E-state index contributed by atoms with van der Waals surface area (Å²) in [6, 6.07) is -0.878. The number of unbranched alkanes of at least 4 members (excludes halogenated alkanes) is 34. The predicted octanol–water partition coefficient (Wildman–Crippen LogP) is 24.2. The van der Waals surface area contributed by atoms with Gasteiger partial charge in [0, 0.05) is 6.42 Å². The van der Waals surface area contributed by atoms with Gasteiger partial charge in [-0.1, -0.05) is 340 Å². The molecule has 3 unspecified atom stereocenters. The number of aliphatic hydroxyl groups is 1. The predicted molar refractivity (Wildman–Crippen MR) is 391 cm³/mol. The SMILES string of the molecule is CC/C=C\C/C=C\C/C=C\C/C=C\C/C=C\C/C=C\C/C=C\C/C=C\C/C=C\CCCCCCCCCCCC(=O)NC(COP(=O)(O)OCC[N+](C)(C)C)C(O)/C=C/CC/C=C/CCCCCCCCCCCCCCCCCCCCCCCCCC. The van der Waals surface area contributed by atoms with Gasteiger partial charge >= 0.3 is 7.82 Å². The number of phosphoric acid groups is 1. The number of quaternary nitrogens is 1. The van der Waals surface area contributed by atoms with Crippen molar-refractivity contribution >= 4 is 13.7 Å². The Balaban J connectivity index is 4.15. The van der Waals surface area contributed by atoms with Crippen molar-refractivity contribution in [2.75, 3.05) is 40.9 Å². The molecular weight excluding hydrogens is 1120 g/mol. The number of carbonyl (C=O) groups is 1. The first-order chi connectivity index (χ1) is 43.5. The number of likely N-dealkylation sites (N-methyl/N-ethyl adjacent to an activating group) is 1. The van der Waals surface area contributed by atoms with E-state index >= 15 is 0 Å². The molecule has 0 heterocycles. The molecule has 0 spiro atoms. The van der Waals surface area contributed by atoms with Gasteiger partial charge in [-0.3, -0.25) is 13.8 Å². The second-order valence-corrected chi connectivity index (χ2v) is 27.4. The molecule has 8 nitrogen and oxygen atoms in total. The van der Waals surface area contributed by atoms with E-state index in [0.29, 0.717) is 17.4 Å². The van der Waals surface area contributed by atoms with Gasteiger partial charge in [0.1, 0.15) is 13.2 Å². The summed E-state index contributed by atoms with van der Waals surface area (Å²) in [6.45, 7) is 4.70. The van der Waals surface area contributed by atoms with Crippen LogP contribution >= 0.6 is 7.82 Å². The number of phosphoric ester groups is 1. The Kier molecular flexibility index (Phi) is 66.4. The lowest BCUT2D eigenvalue weighted by Crippen LogP contribution is -2.45. The molecule has 0 aliphatic heterocycles. The van der Waals surface area contributed by atoms with Gasteiger partial charge in [-0.15, -0.1) is 0 Å². The highest BCUT2D eigenvalue weighted by molar-refractivity contribution is 7.47. The van der Waals surface area contributed by atoms with Gasteiger partial charge in [-0.25, -0.2) is 4.57 Å². The van der Waals surface area contributed by atoms with E-state index in [9.17, 15) is 19.4 Å². The Labute approximate surface area is 551 Å². The lowest BCUT2D eigenvalue weighted by molar-refractivity contribution is -0.870. The maximum absolute atomic E-state index is 13.1. The lowest BCUT2D eigenvalue weighted by atomic mass is 10.0. The zero-order valence-corrected chi connectivity index (χ0v) is 59.5. The highest BCUT2D eigenvalue weighted by Crippen LogP contribution is 2.43. The third-order valence-corrected chi connectivity index (χ3v) is 17.1. The van der Waals surface area contributed by atoms with Crippen molar-refractivity contribution in [3.8, 4) is 0 Å². The molecular formula is C80H142N2O6P+. The molecule has 0 aliphatic rings. The van der Waals surface area contributed by atoms with Crippen LogP contribution in [0.4, 0.5) is 0 Å². The normalized spacial score (nSPS) is 14.4. The number of hydrogen-bond acceptors (Lipinski definition) is 5. The zero-order chi connectivity index (χ0) is 64.8. The van der Waals surface area contributed by atoms with Crippen LogP contribution in [0.2, 0.25) is 0 Å². The van der Waals surface area contributed by atoms with Crippen LogP contribution in [-0.4, -0.2) is 73.4 Å². The highest BCUT2D eigenvalue weighted by atomic mass is 31.2. The molecule has 512 valence electrons. The van der Waals surface area contributed by atoms with E-state index in [2.05, 4.69) is 141 Å². The molecule has 0 fully saturated rings. The van der Waals surface area contributed by atoms with Gasteiger partial charge in [-0.2, -0.15) is 0 Å². The molecule has 0 aromatic heterocycles. The number of rotatable bonds is 67. The molecule has 0 rings (SSSR count). The van der Waals surface area contributed by atoms with E-state index in [4.69, 9.17) is 9.05 Å². The van der Waals surface area contributed by atoms with Gasteiger partial charge in [0.25, 0.3) is 0 Å². The average Bonchev–Trinajstić information content (AvgIpc) is 3.57. The van der Waals surface area contributed by atoms with Crippen molar-refractivity contribution in [1.29, 1.82) is 0 Å². The standard InChI is InChI=1S/C80H141N2O6P/c1-6-8-10-12-14-16-18-20-22-24-26-28-30-32-34-36-38-39-40-41-42-43-44-46-48-50-52-54-56-58-60-62-64-66-68-70-72-74-80(84)81-78(77-88-89(85,86)87-76-75-82(3,4)5)79(83)73-71-69-67-65-63-61-59-57-55-53-51-49-47-45-37-35-33-31-29-27-25-23-21-19-17-15-13-11-9-7-2/h8,10,14,16,20,22,26,28,32,34,38-39,41-42,44,46,50,52,63,65,71,73,78-79,83H,6-7,9,11-13,15,17-19,21,23-25,27,29-31,33,35-37,40,43,45,47-49,51,53-62,64,66-70,72,74-77H2,1-5H3,(H-,81,84,85,86)/p+1/b10-8-,16-14-,22-20-,28-26-,34-32-,39-38-,42-41-,46-44-,52-50-,65-63+,73-71+. The second kappa shape index (κ2) is 69.0. The van der Waals surface area contributed by atoms with Gasteiger partial charge < -0.3 is 19.8 Å². The van der Waals surface area contributed by atoms with Crippen molar-refractivity contribution in [1.82, 2.24) is 5.32 Å². The monoisotopic (exact) mass is 1260 g/mol. The summed E-state index contributed by atoms with van der Waals surface area (Å²) in [5, 5.41) is 14.0. The van der Waals surface area contributed by atoms with Crippen LogP contribution in [0.25, 0.3) is 0 Å². The van der Waals surface area contributed by atoms with E-state index in [-0.39, 0.29) is 19.1 Å². The fraction of sp³-hybridized carbons (Fsp3) is 0.713. The molecule has 0 saturated heterocycles. The van der Waals surface area contributed by atoms with E-state index < -0.39 is 20.0 Å². The molecule has 3 atom stereocenters. The third kappa shape index (κ3) is 71.9. The van der Waals surface area contributed by atoms with E-state index in [1.165, 1.54) is 193 Å². The minimum absolute atomic E-state index is 0.0490. The summed E-state index contributed by atoms with van der Waals surface area (Å²) in [5.74, 6) is -0.195. The van der Waals surface area contributed by atoms with Crippen LogP contribution in [0, 0.1) is 0 Å². The Hall–Kier alpha value is -3.36. The highest BCUT2D eigenvalue weighted by Gasteiger charge is 2.28. The summed E-state index contributed by atoms with van der Waals surface area (Å²) in [4.78, 5) is 23.4. The number of nitrogens with one attached hydrogen (secondary N) is 1. The van der Waals surface area contributed by atoms with Crippen molar-refractivity contribution in [3.05, 3.63) is 134 Å². The molecule has 0 radical (unpaired) electrons. The number of amides is 1.